The van der Waals surface area contributed by atoms with Crippen LogP contribution < -0.4 is 15.2 Å². The summed E-state index contributed by atoms with van der Waals surface area (Å²) >= 11 is 0. The lowest BCUT2D eigenvalue weighted by Gasteiger charge is -2.15. The second-order valence-corrected chi connectivity index (χ2v) is 4.68. The normalized spacial score (nSPS) is 12.0. The van der Waals surface area contributed by atoms with Crippen molar-refractivity contribution in [3.8, 4) is 11.5 Å². The highest BCUT2D eigenvalue weighted by Gasteiger charge is 2.13. The molecule has 0 aliphatic carbocycles. The first-order valence-electron chi connectivity index (χ1n) is 6.52. The molecule has 0 saturated carbocycles. The molecule has 1 atom stereocenters. The number of hydrogen-bond acceptors (Lipinski definition) is 3. The van der Waals surface area contributed by atoms with Crippen LogP contribution in [0.15, 0.2) is 36.4 Å². The Bertz CT molecular complexity index is 609. The van der Waals surface area contributed by atoms with Gasteiger partial charge in [-0.25, -0.2) is 8.78 Å². The van der Waals surface area contributed by atoms with Crippen LogP contribution >= 0.6 is 0 Å². The lowest BCUT2D eigenvalue weighted by atomic mass is 10.1. The molecular formula is C16H17F2NO2. The highest BCUT2D eigenvalue weighted by molar-refractivity contribution is 5.42. The van der Waals surface area contributed by atoms with Crippen LogP contribution in [0.25, 0.3) is 0 Å². The highest BCUT2D eigenvalue weighted by atomic mass is 19.1. The minimum absolute atomic E-state index is 0.115. The van der Waals surface area contributed by atoms with Crippen molar-refractivity contribution < 1.29 is 18.3 Å². The molecule has 0 unspecified atom stereocenters. The molecule has 2 rings (SSSR count). The van der Waals surface area contributed by atoms with E-state index in [-0.39, 0.29) is 18.2 Å². The molecule has 0 aromatic heterocycles. The molecular weight excluding hydrogens is 276 g/mol. The van der Waals surface area contributed by atoms with Gasteiger partial charge >= 0.3 is 0 Å². The van der Waals surface area contributed by atoms with Gasteiger partial charge in [-0.05, 0) is 25.1 Å². The Kier molecular flexibility index (Phi) is 4.75. The maximum Gasteiger partial charge on any atom is 0.132 e. The van der Waals surface area contributed by atoms with Crippen LogP contribution in [0.4, 0.5) is 8.78 Å². The predicted octanol–water partition coefficient (Wildman–Crippen LogP) is 3.57. The molecule has 112 valence electrons. The molecule has 0 radical (unpaired) electrons. The molecule has 3 nitrogen and oxygen atoms in total. The van der Waals surface area contributed by atoms with Crippen LogP contribution in [-0.2, 0) is 6.61 Å². The molecule has 0 fully saturated rings. The van der Waals surface area contributed by atoms with Gasteiger partial charge in [0.1, 0.15) is 29.7 Å². The first-order chi connectivity index (χ1) is 10.0. The van der Waals surface area contributed by atoms with E-state index in [1.54, 1.807) is 25.1 Å². The summed E-state index contributed by atoms with van der Waals surface area (Å²) in [5.74, 6) is -0.240. The number of methoxy groups -OCH3 is 1. The van der Waals surface area contributed by atoms with E-state index < -0.39 is 11.6 Å². The first kappa shape index (κ1) is 15.3. The van der Waals surface area contributed by atoms with E-state index >= 15 is 0 Å². The topological polar surface area (TPSA) is 44.5 Å². The van der Waals surface area contributed by atoms with Gasteiger partial charge in [0.2, 0.25) is 0 Å². The van der Waals surface area contributed by atoms with Crippen LogP contribution in [0.3, 0.4) is 0 Å². The predicted molar refractivity (Wildman–Crippen MR) is 76.3 cm³/mol. The van der Waals surface area contributed by atoms with Crippen LogP contribution in [0.1, 0.15) is 24.1 Å². The molecule has 0 spiro atoms. The zero-order valence-corrected chi connectivity index (χ0v) is 11.9. The minimum Gasteiger partial charge on any atom is -0.497 e. The third kappa shape index (κ3) is 3.49. The largest absolute Gasteiger partial charge is 0.497 e. The van der Waals surface area contributed by atoms with Gasteiger partial charge in [-0.15, -0.1) is 0 Å². The van der Waals surface area contributed by atoms with Gasteiger partial charge in [-0.2, -0.15) is 0 Å². The van der Waals surface area contributed by atoms with E-state index in [1.807, 2.05) is 0 Å². The maximum atomic E-state index is 13.6. The third-order valence-electron chi connectivity index (χ3n) is 3.14. The molecule has 0 saturated heterocycles. The summed E-state index contributed by atoms with van der Waals surface area (Å²) in [4.78, 5) is 0. The fraction of sp³-hybridized carbons (Fsp3) is 0.250. The van der Waals surface area contributed by atoms with Gasteiger partial charge in [0.05, 0.1) is 12.7 Å². The molecule has 0 aliphatic heterocycles. The van der Waals surface area contributed by atoms with Crippen molar-refractivity contribution in [3.63, 3.8) is 0 Å². The second kappa shape index (κ2) is 6.54. The number of benzene rings is 2. The molecule has 5 heteroatoms. The summed E-state index contributed by atoms with van der Waals surface area (Å²) in [5.41, 5.74) is 6.49. The standard InChI is InChI=1S/C16H17F2NO2/c1-10(19)12-7-6-11(20-2)8-16(12)21-9-13-14(17)4-3-5-15(13)18/h3-8,10H,9,19H2,1-2H3/t10-/m0/s1. The summed E-state index contributed by atoms with van der Waals surface area (Å²) in [6.07, 6.45) is 0. The monoisotopic (exact) mass is 293 g/mol. The van der Waals surface area contributed by atoms with Gasteiger partial charge in [-0.3, -0.25) is 0 Å². The summed E-state index contributed by atoms with van der Waals surface area (Å²) in [5, 5.41) is 0. The Hall–Kier alpha value is -2.14. The first-order valence-corrected chi connectivity index (χ1v) is 6.52. The van der Waals surface area contributed by atoms with Gasteiger partial charge in [0, 0.05) is 17.7 Å². The lowest BCUT2D eigenvalue weighted by molar-refractivity contribution is 0.286. The number of nitrogens with two attached hydrogens (primary N) is 1. The van der Waals surface area contributed by atoms with Crippen LogP contribution in [0.2, 0.25) is 0 Å². The molecule has 0 amide bonds. The Morgan fingerprint density at radius 1 is 1.14 bits per heavy atom. The van der Waals surface area contributed by atoms with Crippen molar-refractivity contribution in [2.45, 2.75) is 19.6 Å². The Balaban J connectivity index is 2.26. The molecule has 0 bridgehead atoms. The van der Waals surface area contributed by atoms with Gasteiger partial charge in [0.25, 0.3) is 0 Å². The fourth-order valence-corrected chi connectivity index (χ4v) is 1.96. The van der Waals surface area contributed by atoms with E-state index in [4.69, 9.17) is 15.2 Å². The third-order valence-corrected chi connectivity index (χ3v) is 3.14. The minimum atomic E-state index is -0.639. The quantitative estimate of drug-likeness (QED) is 0.916. The van der Waals surface area contributed by atoms with Crippen molar-refractivity contribution in [2.24, 2.45) is 5.73 Å². The average Bonchev–Trinajstić information content (AvgIpc) is 2.46. The fourth-order valence-electron chi connectivity index (χ4n) is 1.96. The zero-order chi connectivity index (χ0) is 15.4. The van der Waals surface area contributed by atoms with Crippen molar-refractivity contribution in [3.05, 3.63) is 59.2 Å². The molecule has 0 aliphatic rings. The average molecular weight is 293 g/mol. The van der Waals surface area contributed by atoms with Gasteiger partial charge in [-0.1, -0.05) is 12.1 Å². The molecule has 2 N–H and O–H groups in total. The van der Waals surface area contributed by atoms with E-state index in [1.165, 1.54) is 25.3 Å². The van der Waals surface area contributed by atoms with E-state index in [0.717, 1.165) is 5.56 Å². The summed E-state index contributed by atoms with van der Waals surface area (Å²) in [6.45, 7) is 1.59. The van der Waals surface area contributed by atoms with Crippen molar-refractivity contribution in [1.82, 2.24) is 0 Å². The Labute approximate surface area is 122 Å². The Morgan fingerprint density at radius 3 is 2.38 bits per heavy atom. The molecule has 21 heavy (non-hydrogen) atoms. The second-order valence-electron chi connectivity index (χ2n) is 4.68. The van der Waals surface area contributed by atoms with Crippen LogP contribution in [0.5, 0.6) is 11.5 Å². The molecule has 0 heterocycles. The molecule has 2 aromatic carbocycles. The number of halogens is 2. The van der Waals surface area contributed by atoms with Crippen LogP contribution in [-0.4, -0.2) is 7.11 Å². The number of ether oxygens (including phenoxy) is 2. The maximum absolute atomic E-state index is 13.6. The van der Waals surface area contributed by atoms with Crippen molar-refractivity contribution in [1.29, 1.82) is 0 Å². The van der Waals surface area contributed by atoms with Gasteiger partial charge in [0.15, 0.2) is 0 Å². The summed E-state index contributed by atoms with van der Waals surface area (Å²) in [6, 6.07) is 8.62. The number of hydrogen-bond donors (Lipinski definition) is 1. The summed E-state index contributed by atoms with van der Waals surface area (Å²) in [7, 11) is 1.53. The molecule has 2 aromatic rings. The van der Waals surface area contributed by atoms with Crippen LogP contribution in [0, 0.1) is 11.6 Å². The van der Waals surface area contributed by atoms with Crippen molar-refractivity contribution in [2.75, 3.05) is 7.11 Å². The van der Waals surface area contributed by atoms with E-state index in [0.29, 0.717) is 11.5 Å². The van der Waals surface area contributed by atoms with E-state index in [2.05, 4.69) is 0 Å². The number of rotatable bonds is 5. The zero-order valence-electron chi connectivity index (χ0n) is 11.9. The SMILES string of the molecule is COc1ccc([C@H](C)N)c(OCc2c(F)cccc2F)c1. The van der Waals surface area contributed by atoms with Crippen molar-refractivity contribution >= 4 is 0 Å². The smallest absolute Gasteiger partial charge is 0.132 e. The van der Waals surface area contributed by atoms with Gasteiger partial charge < -0.3 is 15.2 Å². The highest BCUT2D eigenvalue weighted by Crippen LogP contribution is 2.29. The Morgan fingerprint density at radius 2 is 1.81 bits per heavy atom. The van der Waals surface area contributed by atoms with E-state index in [9.17, 15) is 8.78 Å². The summed E-state index contributed by atoms with van der Waals surface area (Å²) < 4.78 is 37.8. The lowest BCUT2D eigenvalue weighted by Crippen LogP contribution is -2.09.